The number of carbonyl (C=O) groups is 1. The van der Waals surface area contributed by atoms with Gasteiger partial charge in [0, 0.05) is 17.1 Å². The van der Waals surface area contributed by atoms with E-state index in [9.17, 15) is 19.3 Å². The van der Waals surface area contributed by atoms with Crippen LogP contribution in [0.5, 0.6) is 0 Å². The number of halogens is 1. The molecule has 0 fully saturated rings. The van der Waals surface area contributed by atoms with Crippen molar-refractivity contribution in [3.63, 3.8) is 0 Å². The van der Waals surface area contributed by atoms with Crippen molar-refractivity contribution < 1.29 is 18.5 Å². The Balaban J connectivity index is 1.77. The van der Waals surface area contributed by atoms with Crippen molar-refractivity contribution in [1.82, 2.24) is 9.99 Å². The van der Waals surface area contributed by atoms with Gasteiger partial charge in [0.1, 0.15) is 10.7 Å². The quantitative estimate of drug-likeness (QED) is 0.422. The fourth-order valence-corrected chi connectivity index (χ4v) is 2.70. The number of aryl methyl sites for hydroxylation is 1. The number of benzene rings is 1. The molecule has 0 aliphatic heterocycles. The van der Waals surface area contributed by atoms with Crippen LogP contribution in [-0.2, 0) is 0 Å². The number of hydrazone groups is 1. The Kier molecular flexibility index (Phi) is 4.84. The molecule has 0 unspecified atom stereocenters. The molecular formula is C18H15FN4O4. The average Bonchev–Trinajstić information content (AvgIpc) is 3.21. The molecule has 1 aromatic carbocycles. The SMILES string of the molecule is Cc1cc(C(=O)N/N=C/c2ccc([N+](=O)[O-])o2)c(C)n1-c1ccc(F)cc1. The number of furan rings is 1. The van der Waals surface area contributed by atoms with Gasteiger partial charge in [-0.15, -0.1) is 0 Å². The normalized spacial score (nSPS) is 11.1. The molecule has 0 saturated carbocycles. The minimum Gasteiger partial charge on any atom is -0.400 e. The topological polar surface area (TPSA) is 103 Å². The number of aromatic nitrogens is 1. The van der Waals surface area contributed by atoms with Crippen LogP contribution in [-0.4, -0.2) is 21.6 Å². The van der Waals surface area contributed by atoms with Gasteiger partial charge >= 0.3 is 5.88 Å². The summed E-state index contributed by atoms with van der Waals surface area (Å²) in [6, 6.07) is 10.2. The lowest BCUT2D eigenvalue weighted by molar-refractivity contribution is -0.402. The second kappa shape index (κ2) is 7.24. The summed E-state index contributed by atoms with van der Waals surface area (Å²) in [5, 5.41) is 14.3. The second-order valence-electron chi connectivity index (χ2n) is 5.73. The highest BCUT2D eigenvalue weighted by atomic mass is 19.1. The Morgan fingerprint density at radius 2 is 1.96 bits per heavy atom. The van der Waals surface area contributed by atoms with E-state index in [4.69, 9.17) is 4.42 Å². The monoisotopic (exact) mass is 370 g/mol. The number of rotatable bonds is 5. The fourth-order valence-electron chi connectivity index (χ4n) is 2.70. The van der Waals surface area contributed by atoms with Gasteiger partial charge < -0.3 is 8.98 Å². The largest absolute Gasteiger partial charge is 0.433 e. The molecule has 2 heterocycles. The molecule has 8 nitrogen and oxygen atoms in total. The highest BCUT2D eigenvalue weighted by Gasteiger charge is 2.16. The third-order valence-electron chi connectivity index (χ3n) is 3.91. The number of hydrogen-bond donors (Lipinski definition) is 1. The number of hydrogen-bond acceptors (Lipinski definition) is 5. The van der Waals surface area contributed by atoms with Gasteiger partial charge in [-0.1, -0.05) is 0 Å². The van der Waals surface area contributed by atoms with Crippen molar-refractivity contribution in [3.8, 4) is 5.69 Å². The summed E-state index contributed by atoms with van der Waals surface area (Å²) >= 11 is 0. The van der Waals surface area contributed by atoms with E-state index in [1.54, 1.807) is 25.1 Å². The highest BCUT2D eigenvalue weighted by molar-refractivity contribution is 5.96. The standard InChI is InChI=1S/C18H15FN4O4/c1-11-9-16(12(2)22(11)14-5-3-13(19)4-6-14)18(24)21-20-10-15-7-8-17(27-15)23(25)26/h3-10H,1-2H3,(H,21,24)/b20-10+. The number of nitrogens with one attached hydrogen (secondary N) is 1. The third-order valence-corrected chi connectivity index (χ3v) is 3.91. The Morgan fingerprint density at radius 3 is 2.59 bits per heavy atom. The van der Waals surface area contributed by atoms with Crippen molar-refractivity contribution >= 4 is 18.0 Å². The lowest BCUT2D eigenvalue weighted by atomic mass is 10.2. The Bertz CT molecular complexity index is 1030. The van der Waals surface area contributed by atoms with Gasteiger partial charge in [-0.3, -0.25) is 14.9 Å². The first-order valence-corrected chi connectivity index (χ1v) is 7.89. The van der Waals surface area contributed by atoms with Crippen molar-refractivity contribution in [2.75, 3.05) is 0 Å². The van der Waals surface area contributed by atoms with E-state index >= 15 is 0 Å². The first-order valence-electron chi connectivity index (χ1n) is 7.89. The van der Waals surface area contributed by atoms with E-state index in [1.807, 2.05) is 11.5 Å². The minimum atomic E-state index is -0.666. The maximum atomic E-state index is 13.1. The average molecular weight is 370 g/mol. The molecule has 9 heteroatoms. The van der Waals surface area contributed by atoms with E-state index < -0.39 is 16.7 Å². The summed E-state index contributed by atoms with van der Waals surface area (Å²) in [5.74, 6) is -1.06. The zero-order valence-electron chi connectivity index (χ0n) is 14.5. The first-order chi connectivity index (χ1) is 12.9. The molecule has 1 amide bonds. The molecule has 1 N–H and O–H groups in total. The molecule has 0 saturated heterocycles. The van der Waals surface area contributed by atoms with Crippen molar-refractivity contribution in [2.45, 2.75) is 13.8 Å². The van der Waals surface area contributed by atoms with E-state index in [1.165, 1.54) is 30.5 Å². The third kappa shape index (κ3) is 3.76. The summed E-state index contributed by atoms with van der Waals surface area (Å²) in [7, 11) is 0. The Labute approximate surface area is 153 Å². The van der Waals surface area contributed by atoms with Gasteiger partial charge in [0.15, 0.2) is 5.76 Å². The van der Waals surface area contributed by atoms with Gasteiger partial charge in [0.2, 0.25) is 0 Å². The second-order valence-corrected chi connectivity index (χ2v) is 5.73. The van der Waals surface area contributed by atoms with Crippen LogP contribution >= 0.6 is 0 Å². The zero-order valence-corrected chi connectivity index (χ0v) is 14.5. The summed E-state index contributed by atoms with van der Waals surface area (Å²) in [4.78, 5) is 22.3. The predicted octanol–water partition coefficient (Wildman–Crippen LogP) is 3.50. The molecular weight excluding hydrogens is 355 g/mol. The van der Waals surface area contributed by atoms with Crippen molar-refractivity contribution in [3.05, 3.63) is 81.1 Å². The van der Waals surface area contributed by atoms with Crippen LogP contribution in [0.4, 0.5) is 10.3 Å². The van der Waals surface area contributed by atoms with Crippen LogP contribution in [0.1, 0.15) is 27.5 Å². The number of nitrogens with zero attached hydrogens (tertiary/aromatic N) is 3. The summed E-state index contributed by atoms with van der Waals surface area (Å²) in [6.07, 6.45) is 1.17. The van der Waals surface area contributed by atoms with Crippen LogP contribution < -0.4 is 5.43 Å². The van der Waals surface area contributed by atoms with Crippen molar-refractivity contribution in [1.29, 1.82) is 0 Å². The highest BCUT2D eigenvalue weighted by Crippen LogP contribution is 2.21. The molecule has 0 atom stereocenters. The molecule has 138 valence electrons. The minimum absolute atomic E-state index is 0.138. The summed E-state index contributed by atoms with van der Waals surface area (Å²) in [6.45, 7) is 3.60. The molecule has 0 spiro atoms. The molecule has 0 aliphatic carbocycles. The zero-order chi connectivity index (χ0) is 19.6. The van der Waals surface area contributed by atoms with Crippen molar-refractivity contribution in [2.24, 2.45) is 5.10 Å². The molecule has 0 bridgehead atoms. The number of nitro groups is 1. The van der Waals surface area contributed by atoms with Gasteiger partial charge in [-0.05, 0) is 50.2 Å². The van der Waals surface area contributed by atoms with E-state index in [0.29, 0.717) is 11.3 Å². The predicted molar refractivity (Wildman–Crippen MR) is 95.6 cm³/mol. The summed E-state index contributed by atoms with van der Waals surface area (Å²) < 4.78 is 19.9. The number of carbonyl (C=O) groups excluding carboxylic acids is 1. The first kappa shape index (κ1) is 18.1. The Morgan fingerprint density at radius 1 is 1.26 bits per heavy atom. The van der Waals surface area contributed by atoms with E-state index in [0.717, 1.165) is 11.4 Å². The maximum Gasteiger partial charge on any atom is 0.433 e. The van der Waals surface area contributed by atoms with Gasteiger partial charge in [0.25, 0.3) is 5.91 Å². The lowest BCUT2D eigenvalue weighted by Gasteiger charge is -2.09. The number of amides is 1. The lowest BCUT2D eigenvalue weighted by Crippen LogP contribution is -2.18. The van der Waals surface area contributed by atoms with Crippen LogP contribution in [0.3, 0.4) is 0 Å². The summed E-state index contributed by atoms with van der Waals surface area (Å²) in [5.41, 5.74) is 4.96. The van der Waals surface area contributed by atoms with Gasteiger partial charge in [-0.2, -0.15) is 5.10 Å². The van der Waals surface area contributed by atoms with Crippen LogP contribution in [0.25, 0.3) is 5.69 Å². The van der Waals surface area contributed by atoms with E-state index in [2.05, 4.69) is 10.5 Å². The fraction of sp³-hybridized carbons (Fsp3) is 0.111. The van der Waals surface area contributed by atoms with Crippen LogP contribution in [0, 0.1) is 29.8 Å². The van der Waals surface area contributed by atoms with Crippen LogP contribution in [0.2, 0.25) is 0 Å². The maximum absolute atomic E-state index is 13.1. The smallest absolute Gasteiger partial charge is 0.400 e. The Hall–Kier alpha value is -3.75. The molecule has 0 aliphatic rings. The van der Waals surface area contributed by atoms with Crippen LogP contribution in [0.15, 0.2) is 52.0 Å². The van der Waals surface area contributed by atoms with Gasteiger partial charge in [-0.25, -0.2) is 9.82 Å². The molecule has 2 aromatic heterocycles. The molecule has 0 radical (unpaired) electrons. The molecule has 3 rings (SSSR count). The van der Waals surface area contributed by atoms with Gasteiger partial charge in [0.05, 0.1) is 17.8 Å². The van der Waals surface area contributed by atoms with E-state index in [-0.39, 0.29) is 11.6 Å². The molecule has 3 aromatic rings. The molecule has 27 heavy (non-hydrogen) atoms.